The highest BCUT2D eigenvalue weighted by Crippen LogP contribution is 2.01. The number of hydrogen-bond donors (Lipinski definition) is 1. The van der Waals surface area contributed by atoms with E-state index in [0.717, 1.165) is 12.4 Å². The summed E-state index contributed by atoms with van der Waals surface area (Å²) in [5, 5.41) is 2.95. The van der Waals surface area contributed by atoms with Gasteiger partial charge in [0.05, 0.1) is 12.4 Å². The number of nitrogens with one attached hydrogen (secondary N) is 1. The molecular weight excluding hydrogens is 193 g/mol. The Hall–Kier alpha value is -0.900. The van der Waals surface area contributed by atoms with Gasteiger partial charge in [-0.15, -0.1) is 11.6 Å². The molecule has 0 fully saturated rings. The van der Waals surface area contributed by atoms with Crippen LogP contribution in [-0.2, 0) is 0 Å². The second-order valence-electron chi connectivity index (χ2n) is 2.87. The van der Waals surface area contributed by atoms with Crippen LogP contribution in [0.1, 0.15) is 6.92 Å². The predicted octanol–water partition coefficient (Wildman–Crippen LogP) is 1.90. The van der Waals surface area contributed by atoms with Gasteiger partial charge in [-0.25, -0.2) is 14.4 Å². The molecule has 0 aliphatic heterocycles. The smallest absolute Gasteiger partial charge is 0.222 e. The molecule has 0 saturated carbocycles. The molecule has 0 aliphatic rings. The van der Waals surface area contributed by atoms with Crippen LogP contribution in [0.4, 0.5) is 10.3 Å². The number of halogens is 2. The van der Waals surface area contributed by atoms with E-state index in [-0.39, 0.29) is 0 Å². The average molecular weight is 204 g/mol. The first kappa shape index (κ1) is 10.2. The zero-order chi connectivity index (χ0) is 9.68. The van der Waals surface area contributed by atoms with E-state index in [4.69, 9.17) is 11.6 Å². The van der Waals surface area contributed by atoms with Crippen molar-refractivity contribution >= 4 is 17.5 Å². The van der Waals surface area contributed by atoms with E-state index < -0.39 is 5.82 Å². The number of rotatable bonds is 4. The molecule has 0 saturated heterocycles. The van der Waals surface area contributed by atoms with Crippen LogP contribution in [0.3, 0.4) is 0 Å². The number of hydrogen-bond acceptors (Lipinski definition) is 3. The van der Waals surface area contributed by atoms with Crippen molar-refractivity contribution < 1.29 is 4.39 Å². The highest BCUT2D eigenvalue weighted by molar-refractivity contribution is 6.18. The Morgan fingerprint density at radius 2 is 2.15 bits per heavy atom. The average Bonchev–Trinajstić information content (AvgIpc) is 2.16. The first-order chi connectivity index (χ1) is 6.22. The molecule has 0 amide bonds. The molecule has 3 nitrogen and oxygen atoms in total. The molecule has 1 rings (SSSR count). The Kier molecular flexibility index (Phi) is 3.89. The Morgan fingerprint density at radius 3 is 2.69 bits per heavy atom. The molecule has 5 heteroatoms. The maximum absolute atomic E-state index is 12.4. The fourth-order valence-corrected chi connectivity index (χ4v) is 0.833. The number of alkyl halides is 1. The second-order valence-corrected chi connectivity index (χ2v) is 3.17. The Labute approximate surface area is 81.3 Å². The van der Waals surface area contributed by atoms with E-state index in [1.165, 1.54) is 0 Å². The number of anilines is 1. The van der Waals surface area contributed by atoms with Gasteiger partial charge in [-0.05, 0) is 5.92 Å². The lowest BCUT2D eigenvalue weighted by Gasteiger charge is -2.08. The summed E-state index contributed by atoms with van der Waals surface area (Å²) in [5.74, 6) is 0.915. The van der Waals surface area contributed by atoms with Gasteiger partial charge in [0.25, 0.3) is 0 Å². The first-order valence-electron chi connectivity index (χ1n) is 3.99. The van der Waals surface area contributed by atoms with Gasteiger partial charge in [0.2, 0.25) is 5.95 Å². The van der Waals surface area contributed by atoms with E-state index in [1.807, 2.05) is 6.92 Å². The maximum Gasteiger partial charge on any atom is 0.222 e. The normalized spacial score (nSPS) is 12.5. The van der Waals surface area contributed by atoms with Crippen molar-refractivity contribution in [1.82, 2.24) is 9.97 Å². The molecule has 0 spiro atoms. The summed E-state index contributed by atoms with van der Waals surface area (Å²) in [5.41, 5.74) is 0. The van der Waals surface area contributed by atoms with Crippen molar-refractivity contribution in [3.05, 3.63) is 18.2 Å². The Balaban J connectivity index is 2.41. The molecule has 72 valence electrons. The number of nitrogens with zero attached hydrogens (tertiary/aromatic N) is 2. The third-order valence-corrected chi connectivity index (χ3v) is 2.02. The van der Waals surface area contributed by atoms with Gasteiger partial charge < -0.3 is 5.32 Å². The highest BCUT2D eigenvalue weighted by atomic mass is 35.5. The van der Waals surface area contributed by atoms with Gasteiger partial charge in [0.1, 0.15) is 0 Å². The minimum Gasteiger partial charge on any atom is -0.354 e. The van der Waals surface area contributed by atoms with E-state index >= 15 is 0 Å². The molecule has 0 aliphatic carbocycles. The van der Waals surface area contributed by atoms with E-state index in [2.05, 4.69) is 15.3 Å². The van der Waals surface area contributed by atoms with Gasteiger partial charge in [-0.2, -0.15) is 0 Å². The summed E-state index contributed by atoms with van der Waals surface area (Å²) < 4.78 is 12.4. The summed E-state index contributed by atoms with van der Waals surface area (Å²) >= 11 is 5.60. The summed E-state index contributed by atoms with van der Waals surface area (Å²) in [4.78, 5) is 7.49. The number of aromatic nitrogens is 2. The summed E-state index contributed by atoms with van der Waals surface area (Å²) in [6.07, 6.45) is 2.25. The van der Waals surface area contributed by atoms with Crippen LogP contribution in [0.15, 0.2) is 12.4 Å². The van der Waals surface area contributed by atoms with E-state index in [1.54, 1.807) is 0 Å². The van der Waals surface area contributed by atoms with Gasteiger partial charge in [0, 0.05) is 12.4 Å². The quantitative estimate of drug-likeness (QED) is 0.760. The van der Waals surface area contributed by atoms with Crippen LogP contribution < -0.4 is 5.32 Å². The van der Waals surface area contributed by atoms with Crippen molar-refractivity contribution in [1.29, 1.82) is 0 Å². The van der Waals surface area contributed by atoms with Crippen molar-refractivity contribution in [3.8, 4) is 0 Å². The van der Waals surface area contributed by atoms with Crippen LogP contribution in [0.2, 0.25) is 0 Å². The second kappa shape index (κ2) is 4.97. The lowest BCUT2D eigenvalue weighted by molar-refractivity contribution is 0.613. The minimum atomic E-state index is -0.434. The molecular formula is C8H11ClFN3. The van der Waals surface area contributed by atoms with E-state index in [9.17, 15) is 4.39 Å². The molecule has 0 aromatic carbocycles. The maximum atomic E-state index is 12.4. The molecule has 1 unspecified atom stereocenters. The molecule has 1 aromatic rings. The van der Waals surface area contributed by atoms with Crippen LogP contribution >= 0.6 is 11.6 Å². The van der Waals surface area contributed by atoms with Crippen molar-refractivity contribution in [3.63, 3.8) is 0 Å². The minimum absolute atomic E-state index is 0.343. The third kappa shape index (κ3) is 3.55. The summed E-state index contributed by atoms with van der Waals surface area (Å²) in [7, 11) is 0. The largest absolute Gasteiger partial charge is 0.354 e. The first-order valence-corrected chi connectivity index (χ1v) is 4.53. The highest BCUT2D eigenvalue weighted by Gasteiger charge is 2.00. The Bertz CT molecular complexity index is 252. The van der Waals surface area contributed by atoms with Gasteiger partial charge in [-0.1, -0.05) is 6.92 Å². The van der Waals surface area contributed by atoms with Crippen molar-refractivity contribution in [2.75, 3.05) is 17.7 Å². The van der Waals surface area contributed by atoms with Gasteiger partial charge in [-0.3, -0.25) is 0 Å². The monoisotopic (exact) mass is 203 g/mol. The van der Waals surface area contributed by atoms with Crippen LogP contribution in [0.25, 0.3) is 0 Å². The predicted molar refractivity (Wildman–Crippen MR) is 50.4 cm³/mol. The SMILES string of the molecule is CC(CCl)CNc1ncc(F)cn1. The van der Waals surface area contributed by atoms with Crippen molar-refractivity contribution in [2.45, 2.75) is 6.92 Å². The molecule has 0 radical (unpaired) electrons. The molecule has 1 N–H and O–H groups in total. The molecule has 1 heterocycles. The van der Waals surface area contributed by atoms with Gasteiger partial charge >= 0.3 is 0 Å². The standard InChI is InChI=1S/C8H11ClFN3/c1-6(2-9)3-11-8-12-4-7(10)5-13-8/h4-6H,2-3H2,1H3,(H,11,12,13). The third-order valence-electron chi connectivity index (χ3n) is 1.49. The summed E-state index contributed by atoms with van der Waals surface area (Å²) in [6.45, 7) is 2.69. The van der Waals surface area contributed by atoms with Crippen LogP contribution in [0.5, 0.6) is 0 Å². The lowest BCUT2D eigenvalue weighted by Crippen LogP contribution is -2.14. The molecule has 1 aromatic heterocycles. The zero-order valence-electron chi connectivity index (χ0n) is 7.30. The zero-order valence-corrected chi connectivity index (χ0v) is 8.05. The lowest BCUT2D eigenvalue weighted by atomic mass is 10.2. The van der Waals surface area contributed by atoms with Crippen molar-refractivity contribution in [2.24, 2.45) is 5.92 Å². The molecule has 13 heavy (non-hydrogen) atoms. The fourth-order valence-electron chi connectivity index (χ4n) is 0.724. The fraction of sp³-hybridized carbons (Fsp3) is 0.500. The van der Waals surface area contributed by atoms with Gasteiger partial charge in [0.15, 0.2) is 5.82 Å². The molecule has 1 atom stereocenters. The van der Waals surface area contributed by atoms with E-state index in [0.29, 0.717) is 24.3 Å². The summed E-state index contributed by atoms with van der Waals surface area (Å²) in [6, 6.07) is 0. The van der Waals surface area contributed by atoms with Crippen LogP contribution in [-0.4, -0.2) is 22.4 Å². The van der Waals surface area contributed by atoms with Crippen LogP contribution in [0, 0.1) is 11.7 Å². The Morgan fingerprint density at radius 1 is 1.54 bits per heavy atom. The molecule has 0 bridgehead atoms. The topological polar surface area (TPSA) is 37.8 Å².